The lowest BCUT2D eigenvalue weighted by molar-refractivity contribution is -0.0593. The third-order valence-corrected chi connectivity index (χ3v) is 16.5. The molecule has 2 saturated carbocycles. The average Bonchev–Trinajstić information content (AvgIpc) is 3.50. The van der Waals surface area contributed by atoms with E-state index in [9.17, 15) is 5.53 Å². The second kappa shape index (κ2) is 11.0. The number of rotatable bonds is 7. The quantitative estimate of drug-likeness (QED) is 0.147. The number of benzene rings is 1. The van der Waals surface area contributed by atoms with Crippen molar-refractivity contribution in [2.45, 2.75) is 91.8 Å². The van der Waals surface area contributed by atoms with Crippen LogP contribution in [0.5, 0.6) is 0 Å². The zero-order chi connectivity index (χ0) is 28.9. The largest absolute Gasteiger partial charge is 0.417 e. The molecule has 2 fully saturated rings. The first kappa shape index (κ1) is 29.4. The maximum Gasteiger partial charge on any atom is 0.191 e. The van der Waals surface area contributed by atoms with Gasteiger partial charge in [-0.3, -0.25) is 0 Å². The lowest BCUT2D eigenvalue weighted by atomic mass is 9.50. The summed E-state index contributed by atoms with van der Waals surface area (Å²) < 4.78 is 9.18. The maximum absolute atomic E-state index is 9.37. The van der Waals surface area contributed by atoms with Gasteiger partial charge in [0.2, 0.25) is 0 Å². The maximum atomic E-state index is 9.37. The molecule has 0 amide bonds. The molecule has 1 aromatic carbocycles. The second-order valence-electron chi connectivity index (χ2n) is 15.1. The molecule has 0 spiro atoms. The molecule has 1 aromatic heterocycles. The van der Waals surface area contributed by atoms with Crippen molar-refractivity contribution in [2.75, 3.05) is 13.2 Å². The van der Waals surface area contributed by atoms with Gasteiger partial charge in [0.15, 0.2) is 8.32 Å². The predicted octanol–water partition coefficient (Wildman–Crippen LogP) is 8.66. The van der Waals surface area contributed by atoms with E-state index in [2.05, 4.69) is 93.7 Å². The van der Waals surface area contributed by atoms with Crippen LogP contribution in [0.15, 0.2) is 35.6 Å². The van der Waals surface area contributed by atoms with Gasteiger partial charge in [0.05, 0.1) is 11.9 Å². The first-order valence-corrected chi connectivity index (χ1v) is 18.4. The van der Waals surface area contributed by atoms with Gasteiger partial charge in [-0.2, -0.15) is 5.10 Å². The minimum Gasteiger partial charge on any atom is -0.417 e. The molecule has 8 atom stereocenters. The van der Waals surface area contributed by atoms with Crippen molar-refractivity contribution in [3.8, 4) is 5.69 Å². The van der Waals surface area contributed by atoms with E-state index in [1.54, 1.807) is 0 Å². The second-order valence-corrected chi connectivity index (χ2v) is 19.9. The van der Waals surface area contributed by atoms with Crippen molar-refractivity contribution in [1.29, 1.82) is 0 Å². The third-order valence-electron chi connectivity index (χ3n) is 12.0. The van der Waals surface area contributed by atoms with Gasteiger partial charge in [-0.05, 0) is 120 Å². The molecule has 0 bridgehead atoms. The highest BCUT2D eigenvalue weighted by atomic mass is 28.4. The van der Waals surface area contributed by atoms with E-state index in [-0.39, 0.29) is 10.5 Å². The Morgan fingerprint density at radius 3 is 2.60 bits per heavy atom. The molecule has 0 saturated heterocycles. The van der Waals surface area contributed by atoms with E-state index in [1.807, 2.05) is 12.1 Å². The van der Waals surface area contributed by atoms with Gasteiger partial charge < -0.3 is 4.43 Å². The number of hydrogen-bond acceptors (Lipinski definition) is 3. The van der Waals surface area contributed by atoms with Gasteiger partial charge >= 0.3 is 0 Å². The van der Waals surface area contributed by atoms with Crippen LogP contribution in [0, 0.1) is 52.9 Å². The molecule has 1 heterocycles. The fourth-order valence-electron chi connectivity index (χ4n) is 8.67. The Morgan fingerprint density at radius 1 is 1.20 bits per heavy atom. The van der Waals surface area contributed by atoms with Gasteiger partial charge in [0.25, 0.3) is 0 Å². The summed E-state index contributed by atoms with van der Waals surface area (Å²) in [6.45, 7) is 20.7. The van der Waals surface area contributed by atoms with Crippen LogP contribution in [-0.4, -0.2) is 31.2 Å². The highest BCUT2D eigenvalue weighted by molar-refractivity contribution is 6.74. The van der Waals surface area contributed by atoms with E-state index in [1.165, 1.54) is 30.5 Å². The van der Waals surface area contributed by atoms with Crippen LogP contribution in [-0.2, 0) is 17.3 Å². The molecule has 1 radical (unpaired) electrons. The van der Waals surface area contributed by atoms with Crippen molar-refractivity contribution in [1.82, 2.24) is 9.78 Å². The molecular weight excluding hydrogens is 510 g/mol. The van der Waals surface area contributed by atoms with Crippen molar-refractivity contribution >= 4 is 8.32 Å². The molecule has 0 unspecified atom stereocenters. The van der Waals surface area contributed by atoms with Crippen LogP contribution in [0.2, 0.25) is 18.1 Å². The minimum atomic E-state index is -1.93. The van der Waals surface area contributed by atoms with Crippen molar-refractivity contribution in [2.24, 2.45) is 52.0 Å². The molecular formula is C33H50N5OSi. The standard InChI is InChI=1S/C33H50N5OSi/c1-22-14-15-27-28(20-35-37-34)29(16-23(2)31(22)27)33(6)18-24-19-36-38(26-12-10-9-11-13-26)30(24)17-25(33)21-39-40(7,8)32(3,4)5/h10-13,19,22-23,25,27-29,31H,14-18,20-21H2,1-8H3/t22-,23+,25+,27+,28-,29-,31+,33-/m0/s1. The number of azide groups is 1. The third kappa shape index (κ3) is 5.18. The van der Waals surface area contributed by atoms with Gasteiger partial charge in [-0.15, -0.1) is 0 Å². The summed E-state index contributed by atoms with van der Waals surface area (Å²) in [6.07, 6.45) is 7.87. The number of nitrogens with zero attached hydrogens (tertiary/aromatic N) is 5. The lowest BCUT2D eigenvalue weighted by Crippen LogP contribution is -2.53. The van der Waals surface area contributed by atoms with Crippen LogP contribution in [0.1, 0.15) is 72.1 Å². The Morgan fingerprint density at radius 2 is 1.93 bits per heavy atom. The molecule has 7 heteroatoms. The SMILES string of the molecule is C[C@@H]1C[C@H]([C@@]2(C)Cc3cnn(-c4cc[c]cc4)c3C[C@@H]2CO[Si](C)(C)C(C)(C)C)[C@@H](CN=[N+]=[N-])[C@H]2CC[C@H](C)[C@@H]21. The smallest absolute Gasteiger partial charge is 0.191 e. The van der Waals surface area contributed by atoms with E-state index < -0.39 is 8.32 Å². The Labute approximate surface area is 243 Å². The van der Waals surface area contributed by atoms with E-state index in [0.717, 1.165) is 37.0 Å². The Hall–Kier alpha value is -2.08. The topological polar surface area (TPSA) is 75.8 Å². The van der Waals surface area contributed by atoms with Crippen LogP contribution in [0.3, 0.4) is 0 Å². The van der Waals surface area contributed by atoms with Gasteiger partial charge in [0, 0.05) is 23.8 Å². The fourth-order valence-corrected chi connectivity index (χ4v) is 9.72. The molecule has 3 aliphatic carbocycles. The zero-order valence-electron chi connectivity index (χ0n) is 26.0. The summed E-state index contributed by atoms with van der Waals surface area (Å²) in [5, 5.41) is 9.33. The highest BCUT2D eigenvalue weighted by Crippen LogP contribution is 2.60. The van der Waals surface area contributed by atoms with E-state index in [4.69, 9.17) is 9.52 Å². The molecule has 5 rings (SSSR count). The summed E-state index contributed by atoms with van der Waals surface area (Å²) in [6, 6.07) is 11.3. The average molecular weight is 561 g/mol. The predicted molar refractivity (Wildman–Crippen MR) is 165 cm³/mol. The molecule has 0 N–H and O–H groups in total. The molecule has 3 aliphatic rings. The highest BCUT2D eigenvalue weighted by Gasteiger charge is 2.56. The van der Waals surface area contributed by atoms with Gasteiger partial charge in [-0.1, -0.05) is 65.2 Å². The fraction of sp³-hybridized carbons (Fsp3) is 0.727. The van der Waals surface area contributed by atoms with Crippen molar-refractivity contribution < 1.29 is 4.43 Å². The summed E-state index contributed by atoms with van der Waals surface area (Å²) in [5.74, 6) is 4.16. The van der Waals surface area contributed by atoms with Crippen molar-refractivity contribution in [3.63, 3.8) is 0 Å². The van der Waals surface area contributed by atoms with E-state index in [0.29, 0.717) is 36.1 Å². The first-order valence-electron chi connectivity index (χ1n) is 15.5. The molecule has 0 aliphatic heterocycles. The number of hydrogen-bond donors (Lipinski definition) is 0. The Bertz CT molecular complexity index is 1230. The van der Waals surface area contributed by atoms with Crippen LogP contribution in [0.25, 0.3) is 16.1 Å². The normalized spacial score (nSPS) is 34.1. The zero-order valence-corrected chi connectivity index (χ0v) is 27.0. The lowest BCUT2D eigenvalue weighted by Gasteiger charge is -2.56. The van der Waals surface area contributed by atoms with Crippen LogP contribution in [0.4, 0.5) is 0 Å². The Kier molecular flexibility index (Phi) is 8.06. The monoisotopic (exact) mass is 560 g/mol. The van der Waals surface area contributed by atoms with Gasteiger partial charge in [-0.25, -0.2) is 4.68 Å². The van der Waals surface area contributed by atoms with Crippen molar-refractivity contribution in [3.05, 3.63) is 58.2 Å². The molecule has 6 nitrogen and oxygen atoms in total. The number of fused-ring (bicyclic) bond motifs is 2. The summed E-state index contributed by atoms with van der Waals surface area (Å²) in [5.41, 5.74) is 13.2. The summed E-state index contributed by atoms with van der Waals surface area (Å²) >= 11 is 0. The first-order chi connectivity index (χ1) is 18.9. The summed E-state index contributed by atoms with van der Waals surface area (Å²) in [4.78, 5) is 3.26. The molecule has 40 heavy (non-hydrogen) atoms. The molecule has 2 aromatic rings. The number of aromatic nitrogens is 2. The van der Waals surface area contributed by atoms with Crippen LogP contribution < -0.4 is 0 Å². The van der Waals surface area contributed by atoms with Crippen LogP contribution >= 0.6 is 0 Å². The summed E-state index contributed by atoms with van der Waals surface area (Å²) in [7, 11) is -1.93. The Balaban J connectivity index is 1.55. The molecule has 217 valence electrons. The van der Waals surface area contributed by atoms with E-state index >= 15 is 0 Å². The van der Waals surface area contributed by atoms with Gasteiger partial charge in [0.1, 0.15) is 0 Å². The minimum absolute atomic E-state index is 0.0500.